The van der Waals surface area contributed by atoms with Gasteiger partial charge in [-0.3, -0.25) is 4.57 Å². The first-order chi connectivity index (χ1) is 9.59. The topological polar surface area (TPSA) is 47.7 Å². The quantitative estimate of drug-likeness (QED) is 0.847. The lowest BCUT2D eigenvalue weighted by molar-refractivity contribution is 0.292. The maximum absolute atomic E-state index is 6.30. The highest BCUT2D eigenvalue weighted by atomic mass is 28.4. The van der Waals surface area contributed by atoms with E-state index in [1.54, 1.807) is 7.11 Å². The molecule has 20 heavy (non-hydrogen) atoms. The van der Waals surface area contributed by atoms with Gasteiger partial charge in [-0.1, -0.05) is 24.3 Å². The van der Waals surface area contributed by atoms with Gasteiger partial charge in [0.2, 0.25) is 0 Å². The molecule has 1 heterocycles. The second-order valence-corrected chi connectivity index (χ2v) is 9.13. The molecule has 1 saturated heterocycles. The Morgan fingerprint density at radius 1 is 1.30 bits per heavy atom. The number of benzene rings is 1. The summed E-state index contributed by atoms with van der Waals surface area (Å²) in [6, 6.07) is 9.12. The van der Waals surface area contributed by atoms with Crippen LogP contribution in [0.1, 0.15) is 12.0 Å². The fraction of sp³-hybridized carbons (Fsp3) is 0.467. The van der Waals surface area contributed by atoms with E-state index in [1.165, 1.54) is 6.42 Å². The number of rotatable bonds is 5. The van der Waals surface area contributed by atoms with Gasteiger partial charge in [0.05, 0.1) is 13.3 Å². The molecule has 0 amide bonds. The van der Waals surface area contributed by atoms with Gasteiger partial charge >= 0.3 is 0 Å². The fourth-order valence-electron chi connectivity index (χ4n) is 2.67. The summed E-state index contributed by atoms with van der Waals surface area (Å²) >= 11 is 0. The largest absolute Gasteiger partial charge is 0.497 e. The number of hydrogen-bond acceptors (Lipinski definition) is 4. The molecule has 2 unspecified atom stereocenters. The summed E-state index contributed by atoms with van der Waals surface area (Å²) in [5, 5.41) is 0. The van der Waals surface area contributed by atoms with Crippen LogP contribution in [0.3, 0.4) is 0 Å². The summed E-state index contributed by atoms with van der Waals surface area (Å²) in [5.74, 6) is 0.866. The first-order valence-electron chi connectivity index (χ1n) is 6.99. The summed E-state index contributed by atoms with van der Waals surface area (Å²) in [4.78, 5) is 0. The van der Waals surface area contributed by atoms with E-state index >= 15 is 0 Å². The van der Waals surface area contributed by atoms with Gasteiger partial charge in [-0.2, -0.15) is 0 Å². The van der Waals surface area contributed by atoms with Crippen LogP contribution in [0.5, 0.6) is 5.75 Å². The third-order valence-electron chi connectivity index (χ3n) is 4.05. The van der Waals surface area contributed by atoms with E-state index in [9.17, 15) is 0 Å². The Hall–Kier alpha value is -1.14. The van der Waals surface area contributed by atoms with Crippen molar-refractivity contribution in [3.63, 3.8) is 0 Å². The maximum atomic E-state index is 6.30. The first-order valence-corrected chi connectivity index (χ1v) is 9.55. The third-order valence-corrected chi connectivity index (χ3v) is 7.95. The standard InChI is InChI=1S/C15H24N2O2Si/c1-18-14-8-5-13(6-9-14)7-10-15(16)17-11-4-12-20(17,3)19-2/h5-10,15H,4,11-12,16H2,1-3H3. The van der Waals surface area contributed by atoms with Crippen LogP contribution in [-0.4, -0.2) is 40.0 Å². The highest BCUT2D eigenvalue weighted by Crippen LogP contribution is 2.27. The summed E-state index contributed by atoms with van der Waals surface area (Å²) in [6.45, 7) is 3.27. The van der Waals surface area contributed by atoms with Gasteiger partial charge in [0.15, 0.2) is 0 Å². The first kappa shape index (κ1) is 15.2. The lowest BCUT2D eigenvalue weighted by atomic mass is 10.2. The molecule has 0 aliphatic carbocycles. The lowest BCUT2D eigenvalue weighted by Gasteiger charge is -2.34. The van der Waals surface area contributed by atoms with Gasteiger partial charge < -0.3 is 14.9 Å². The van der Waals surface area contributed by atoms with Crippen molar-refractivity contribution < 1.29 is 9.16 Å². The van der Waals surface area contributed by atoms with Gasteiger partial charge in [0.25, 0.3) is 8.48 Å². The summed E-state index contributed by atoms with van der Waals surface area (Å²) in [6.07, 6.45) is 5.22. The zero-order valence-electron chi connectivity index (χ0n) is 12.5. The molecule has 110 valence electrons. The predicted molar refractivity (Wildman–Crippen MR) is 84.8 cm³/mol. The Morgan fingerprint density at radius 2 is 2.00 bits per heavy atom. The highest BCUT2D eigenvalue weighted by molar-refractivity contribution is 6.70. The molecule has 0 aromatic heterocycles. The van der Waals surface area contributed by atoms with Crippen LogP contribution in [-0.2, 0) is 4.43 Å². The minimum Gasteiger partial charge on any atom is -0.497 e. The van der Waals surface area contributed by atoms with E-state index in [2.05, 4.69) is 23.3 Å². The van der Waals surface area contributed by atoms with Gasteiger partial charge in [-0.25, -0.2) is 0 Å². The average molecular weight is 292 g/mol. The average Bonchev–Trinajstić information content (AvgIpc) is 2.88. The van der Waals surface area contributed by atoms with Crippen LogP contribution in [0.2, 0.25) is 12.6 Å². The van der Waals surface area contributed by atoms with E-state index < -0.39 is 8.48 Å². The van der Waals surface area contributed by atoms with Crippen LogP contribution in [0, 0.1) is 0 Å². The number of nitrogens with zero attached hydrogens (tertiary/aromatic N) is 1. The number of methoxy groups -OCH3 is 1. The third kappa shape index (κ3) is 3.30. The molecule has 2 atom stereocenters. The van der Waals surface area contributed by atoms with Crippen molar-refractivity contribution in [3.8, 4) is 5.75 Å². The number of nitrogens with two attached hydrogens (primary N) is 1. The molecule has 4 nitrogen and oxygen atoms in total. The molecular weight excluding hydrogens is 268 g/mol. The van der Waals surface area contributed by atoms with Gasteiger partial charge in [-0.05, 0) is 43.3 Å². The number of hydrogen-bond donors (Lipinski definition) is 1. The molecule has 1 fully saturated rings. The Balaban J connectivity index is 2.02. The summed E-state index contributed by atoms with van der Waals surface area (Å²) in [5.41, 5.74) is 7.43. The van der Waals surface area contributed by atoms with Crippen molar-refractivity contribution in [1.82, 2.24) is 4.57 Å². The van der Waals surface area contributed by atoms with Crippen LogP contribution < -0.4 is 10.5 Å². The Bertz CT molecular complexity index is 463. The molecule has 2 N–H and O–H groups in total. The molecule has 1 aromatic carbocycles. The van der Waals surface area contributed by atoms with Crippen molar-refractivity contribution in [2.24, 2.45) is 5.73 Å². The molecule has 1 aliphatic heterocycles. The van der Waals surface area contributed by atoms with Crippen molar-refractivity contribution in [2.75, 3.05) is 20.8 Å². The summed E-state index contributed by atoms with van der Waals surface area (Å²) in [7, 11) is 1.71. The van der Waals surface area contributed by atoms with E-state index in [4.69, 9.17) is 14.9 Å². The van der Waals surface area contributed by atoms with E-state index in [0.717, 1.165) is 23.9 Å². The Labute approximate surface area is 122 Å². The van der Waals surface area contributed by atoms with E-state index in [0.29, 0.717) is 0 Å². The van der Waals surface area contributed by atoms with Gasteiger partial charge in [0.1, 0.15) is 5.75 Å². The van der Waals surface area contributed by atoms with E-state index in [-0.39, 0.29) is 6.17 Å². The SMILES string of the molecule is COc1ccc(C=CC(N)N2CCC[Si]2(C)OC)cc1. The van der Waals surface area contributed by atoms with Crippen molar-refractivity contribution in [3.05, 3.63) is 35.9 Å². The van der Waals surface area contributed by atoms with Crippen LogP contribution in [0.4, 0.5) is 0 Å². The molecule has 0 spiro atoms. The monoisotopic (exact) mass is 292 g/mol. The molecule has 1 aromatic rings. The zero-order valence-corrected chi connectivity index (χ0v) is 13.5. The Kier molecular flexibility index (Phi) is 4.99. The maximum Gasteiger partial charge on any atom is 0.269 e. The number of ether oxygens (including phenoxy) is 1. The second kappa shape index (κ2) is 6.54. The Morgan fingerprint density at radius 3 is 2.60 bits per heavy atom. The molecule has 0 radical (unpaired) electrons. The fourth-order valence-corrected chi connectivity index (χ4v) is 5.56. The minimum absolute atomic E-state index is 0.0729. The van der Waals surface area contributed by atoms with Crippen LogP contribution >= 0.6 is 0 Å². The van der Waals surface area contributed by atoms with Crippen molar-refractivity contribution in [2.45, 2.75) is 25.2 Å². The van der Waals surface area contributed by atoms with Gasteiger partial charge in [0, 0.05) is 7.11 Å². The minimum atomic E-state index is -1.77. The second-order valence-electron chi connectivity index (χ2n) is 5.30. The summed E-state index contributed by atoms with van der Waals surface area (Å²) < 4.78 is 13.2. The molecule has 0 saturated carbocycles. The van der Waals surface area contributed by atoms with Gasteiger partial charge in [-0.15, -0.1) is 0 Å². The smallest absolute Gasteiger partial charge is 0.269 e. The van der Waals surface area contributed by atoms with Crippen LogP contribution in [0.25, 0.3) is 6.08 Å². The van der Waals surface area contributed by atoms with Crippen molar-refractivity contribution in [1.29, 1.82) is 0 Å². The van der Waals surface area contributed by atoms with E-state index in [1.807, 2.05) is 31.4 Å². The normalized spacial score (nSPS) is 25.2. The molecule has 5 heteroatoms. The lowest BCUT2D eigenvalue weighted by Crippen LogP contribution is -2.55. The highest BCUT2D eigenvalue weighted by Gasteiger charge is 2.42. The predicted octanol–water partition coefficient (Wildman–Crippen LogP) is 2.42. The van der Waals surface area contributed by atoms with Crippen molar-refractivity contribution >= 4 is 14.6 Å². The molecule has 2 rings (SSSR count). The molecular formula is C15H24N2O2Si. The van der Waals surface area contributed by atoms with Crippen LogP contribution in [0.15, 0.2) is 30.3 Å². The molecule has 1 aliphatic rings. The molecule has 0 bridgehead atoms. The zero-order chi connectivity index (χ0) is 14.6.